The van der Waals surface area contributed by atoms with E-state index in [-0.39, 0.29) is 23.8 Å². The summed E-state index contributed by atoms with van der Waals surface area (Å²) < 4.78 is 29.6. The van der Waals surface area contributed by atoms with Crippen molar-refractivity contribution in [3.63, 3.8) is 0 Å². The van der Waals surface area contributed by atoms with E-state index in [1.807, 2.05) is 20.1 Å². The van der Waals surface area contributed by atoms with Crippen LogP contribution in [0.4, 0.5) is 0 Å². The molecule has 0 spiro atoms. The smallest absolute Gasteiger partial charge is 0.240 e. The third kappa shape index (κ3) is 6.32. The van der Waals surface area contributed by atoms with Crippen LogP contribution in [0.5, 0.6) is 0 Å². The first kappa shape index (κ1) is 24.7. The van der Waals surface area contributed by atoms with Crippen LogP contribution in [-0.2, 0) is 21.2 Å². The molecule has 1 aliphatic carbocycles. The van der Waals surface area contributed by atoms with Gasteiger partial charge in [0.2, 0.25) is 15.9 Å². The minimum Gasteiger partial charge on any atom is -0.356 e. The number of aryl methyl sites for hydroxylation is 3. The second-order valence-corrected chi connectivity index (χ2v) is 10.8. The van der Waals surface area contributed by atoms with Crippen LogP contribution in [0.2, 0.25) is 0 Å². The lowest BCUT2D eigenvalue weighted by Gasteiger charge is -2.16. The Labute approximate surface area is 195 Å². The monoisotopic (exact) mass is 479 g/mol. The van der Waals surface area contributed by atoms with Crippen molar-refractivity contribution in [2.24, 2.45) is 0 Å². The molecule has 1 heterocycles. The molecular formula is C22H33N5O3S2. The lowest BCUT2D eigenvalue weighted by Crippen LogP contribution is -2.31. The van der Waals surface area contributed by atoms with E-state index >= 15 is 0 Å². The normalized spacial score (nSPS) is 14.7. The summed E-state index contributed by atoms with van der Waals surface area (Å²) in [6.07, 6.45) is 8.48. The molecule has 2 aromatic rings. The zero-order chi connectivity index (χ0) is 23.1. The fourth-order valence-corrected chi connectivity index (χ4v) is 5.66. The van der Waals surface area contributed by atoms with Gasteiger partial charge in [-0.1, -0.05) is 30.7 Å². The Morgan fingerprint density at radius 3 is 2.59 bits per heavy atom. The number of hydrogen-bond acceptors (Lipinski definition) is 6. The van der Waals surface area contributed by atoms with E-state index in [1.54, 1.807) is 30.0 Å². The Bertz CT molecular complexity index is 1030. The molecule has 1 aromatic carbocycles. The molecule has 0 aliphatic heterocycles. The maximum Gasteiger partial charge on any atom is 0.240 e. The van der Waals surface area contributed by atoms with Gasteiger partial charge < -0.3 is 9.88 Å². The molecule has 0 unspecified atom stereocenters. The van der Waals surface area contributed by atoms with Gasteiger partial charge in [-0.3, -0.25) is 4.79 Å². The Balaban J connectivity index is 1.40. The van der Waals surface area contributed by atoms with Crippen LogP contribution in [0.15, 0.2) is 28.3 Å². The number of sulfonamides is 1. The summed E-state index contributed by atoms with van der Waals surface area (Å²) >= 11 is 1.62. The largest absolute Gasteiger partial charge is 0.356 e. The number of carbonyl (C=O) groups is 1. The number of amides is 1. The Hall–Kier alpha value is -1.91. The average molecular weight is 480 g/mol. The van der Waals surface area contributed by atoms with Crippen molar-refractivity contribution in [2.45, 2.75) is 74.9 Å². The number of aromatic nitrogens is 3. The molecule has 176 valence electrons. The van der Waals surface area contributed by atoms with E-state index in [0.717, 1.165) is 34.9 Å². The molecule has 10 heteroatoms. The molecule has 0 radical (unpaired) electrons. The first-order valence-electron chi connectivity index (χ1n) is 11.1. The highest BCUT2D eigenvalue weighted by molar-refractivity contribution is 7.98. The number of hydrogen-bond donors (Lipinski definition) is 2. The van der Waals surface area contributed by atoms with E-state index in [4.69, 9.17) is 0 Å². The van der Waals surface area contributed by atoms with E-state index in [9.17, 15) is 13.2 Å². The summed E-state index contributed by atoms with van der Waals surface area (Å²) in [7, 11) is -3.62. The van der Waals surface area contributed by atoms with Gasteiger partial charge in [0, 0.05) is 32.0 Å². The van der Waals surface area contributed by atoms with Gasteiger partial charge in [0.15, 0.2) is 5.16 Å². The van der Waals surface area contributed by atoms with Crippen LogP contribution in [0.1, 0.15) is 61.5 Å². The number of rotatable bonds is 11. The molecule has 1 aliphatic rings. The standard InChI is InChI=1S/C22H33N5O3S2/c1-16-10-11-19(15-17(16)2)32(29,30)24-14-12-21(28)23-13-6-9-20-25-26-22(31-3)27(20)18-7-4-5-8-18/h10-11,15,18,24H,4-9,12-14H2,1-3H3,(H,23,28). The molecule has 32 heavy (non-hydrogen) atoms. The fourth-order valence-electron chi connectivity index (χ4n) is 3.97. The number of thioether (sulfide) groups is 1. The van der Waals surface area contributed by atoms with Gasteiger partial charge in [-0.05, 0) is 62.6 Å². The Morgan fingerprint density at radius 1 is 1.16 bits per heavy atom. The topological polar surface area (TPSA) is 106 Å². The fraction of sp³-hybridized carbons (Fsp3) is 0.591. The quantitative estimate of drug-likeness (QED) is 0.379. The number of nitrogens with one attached hydrogen (secondary N) is 2. The molecule has 2 N–H and O–H groups in total. The molecule has 1 fully saturated rings. The first-order valence-corrected chi connectivity index (χ1v) is 13.8. The molecule has 3 rings (SSSR count). The summed E-state index contributed by atoms with van der Waals surface area (Å²) in [5, 5.41) is 12.5. The SMILES string of the molecule is CSc1nnc(CCCNC(=O)CCNS(=O)(=O)c2ccc(C)c(C)c2)n1C1CCCC1. The van der Waals surface area contributed by atoms with Gasteiger partial charge in [0.1, 0.15) is 5.82 Å². The summed E-state index contributed by atoms with van der Waals surface area (Å²) in [5.74, 6) is 0.812. The van der Waals surface area contributed by atoms with Gasteiger partial charge >= 0.3 is 0 Å². The Kier molecular flexibility index (Phi) is 8.72. The third-order valence-electron chi connectivity index (χ3n) is 5.94. The summed E-state index contributed by atoms with van der Waals surface area (Å²) in [5.41, 5.74) is 1.95. The third-order valence-corrected chi connectivity index (χ3v) is 8.04. The van der Waals surface area contributed by atoms with Gasteiger partial charge in [-0.25, -0.2) is 13.1 Å². The van der Waals surface area contributed by atoms with Crippen LogP contribution in [0.25, 0.3) is 0 Å². The summed E-state index contributed by atoms with van der Waals surface area (Å²) in [6, 6.07) is 5.50. The predicted molar refractivity (Wildman–Crippen MR) is 126 cm³/mol. The average Bonchev–Trinajstić information content (AvgIpc) is 3.42. The molecule has 1 amide bonds. The van der Waals surface area contributed by atoms with Gasteiger partial charge in [0.05, 0.1) is 4.90 Å². The van der Waals surface area contributed by atoms with Gasteiger partial charge in [0.25, 0.3) is 0 Å². The number of benzene rings is 1. The molecule has 0 bridgehead atoms. The minimum atomic E-state index is -3.62. The maximum absolute atomic E-state index is 12.4. The van der Waals surface area contributed by atoms with E-state index < -0.39 is 10.0 Å². The molecule has 0 atom stereocenters. The molecule has 0 saturated heterocycles. The molecular weight excluding hydrogens is 446 g/mol. The number of carbonyl (C=O) groups excluding carboxylic acids is 1. The van der Waals surface area contributed by atoms with Gasteiger partial charge in [-0.15, -0.1) is 10.2 Å². The lowest BCUT2D eigenvalue weighted by molar-refractivity contribution is -0.120. The summed E-state index contributed by atoms with van der Waals surface area (Å²) in [4.78, 5) is 12.3. The zero-order valence-electron chi connectivity index (χ0n) is 19.1. The predicted octanol–water partition coefficient (Wildman–Crippen LogP) is 3.15. The number of nitrogens with zero attached hydrogens (tertiary/aromatic N) is 3. The van der Waals surface area contributed by atoms with E-state index in [1.165, 1.54) is 25.7 Å². The first-order chi connectivity index (χ1) is 15.3. The van der Waals surface area contributed by atoms with Crippen LogP contribution >= 0.6 is 11.8 Å². The lowest BCUT2D eigenvalue weighted by atomic mass is 10.1. The summed E-state index contributed by atoms with van der Waals surface area (Å²) in [6.45, 7) is 4.40. The van der Waals surface area contributed by atoms with Crippen molar-refractivity contribution < 1.29 is 13.2 Å². The molecule has 1 saturated carbocycles. The van der Waals surface area contributed by atoms with E-state index in [0.29, 0.717) is 12.6 Å². The second kappa shape index (κ2) is 11.3. The Morgan fingerprint density at radius 2 is 1.91 bits per heavy atom. The van der Waals surface area contributed by atoms with Crippen molar-refractivity contribution in [1.82, 2.24) is 24.8 Å². The van der Waals surface area contributed by atoms with Crippen LogP contribution in [0.3, 0.4) is 0 Å². The highest BCUT2D eigenvalue weighted by Crippen LogP contribution is 2.33. The molecule has 8 nitrogen and oxygen atoms in total. The maximum atomic E-state index is 12.4. The minimum absolute atomic E-state index is 0.0637. The second-order valence-electron chi connectivity index (χ2n) is 8.26. The van der Waals surface area contributed by atoms with E-state index in [2.05, 4.69) is 24.8 Å². The highest BCUT2D eigenvalue weighted by Gasteiger charge is 2.23. The molecule has 1 aromatic heterocycles. The van der Waals surface area contributed by atoms with Crippen molar-refractivity contribution in [2.75, 3.05) is 19.3 Å². The van der Waals surface area contributed by atoms with Gasteiger partial charge in [-0.2, -0.15) is 0 Å². The van der Waals surface area contributed by atoms with Crippen molar-refractivity contribution in [3.8, 4) is 0 Å². The van der Waals surface area contributed by atoms with Crippen molar-refractivity contribution in [1.29, 1.82) is 0 Å². The van der Waals surface area contributed by atoms with Crippen LogP contribution in [0, 0.1) is 13.8 Å². The zero-order valence-corrected chi connectivity index (χ0v) is 20.7. The highest BCUT2D eigenvalue weighted by atomic mass is 32.2. The van der Waals surface area contributed by atoms with Crippen molar-refractivity contribution >= 4 is 27.7 Å². The van der Waals surface area contributed by atoms with Crippen LogP contribution < -0.4 is 10.0 Å². The van der Waals surface area contributed by atoms with Crippen molar-refractivity contribution in [3.05, 3.63) is 35.2 Å². The van der Waals surface area contributed by atoms with Crippen LogP contribution in [-0.4, -0.2) is 48.4 Å².